The van der Waals surface area contributed by atoms with Crippen LogP contribution in [0.3, 0.4) is 0 Å². The molecule has 8 nitrogen and oxygen atoms in total. The Kier molecular flexibility index (Phi) is 16.2. The molecule has 4 rings (SSSR count). The summed E-state index contributed by atoms with van der Waals surface area (Å²) in [5.41, 5.74) is 3.05. The van der Waals surface area contributed by atoms with Crippen LogP contribution < -0.4 is 20.9 Å². The van der Waals surface area contributed by atoms with Gasteiger partial charge in [0.1, 0.15) is 11.2 Å². The number of nitrogens with one attached hydrogen (secondary N) is 3. The highest BCUT2D eigenvalue weighted by molar-refractivity contribution is 9.10. The Bertz CT molecular complexity index is 1110. The molecule has 0 unspecified atom stereocenters. The van der Waals surface area contributed by atoms with Gasteiger partial charge >= 0.3 is 12.2 Å². The van der Waals surface area contributed by atoms with E-state index in [1.807, 2.05) is 53.7 Å². The Morgan fingerprint density at radius 1 is 0.733 bits per heavy atom. The van der Waals surface area contributed by atoms with E-state index in [4.69, 9.17) is 9.47 Å². The largest absolute Gasteiger partial charge is 0.444 e. The highest BCUT2D eigenvalue weighted by Crippen LogP contribution is 2.23. The average Bonchev–Trinajstić information content (AvgIpc) is 2.97. The third kappa shape index (κ3) is 18.1. The molecule has 2 fully saturated rings. The average molecular weight is 690 g/mol. The first-order valence-corrected chi connectivity index (χ1v) is 17.1. The van der Waals surface area contributed by atoms with Crippen LogP contribution in [0.5, 0.6) is 0 Å². The minimum absolute atomic E-state index is 0.305. The van der Waals surface area contributed by atoms with E-state index >= 15 is 0 Å². The van der Waals surface area contributed by atoms with E-state index in [0.29, 0.717) is 18.4 Å². The Labute approximate surface area is 280 Å². The van der Waals surface area contributed by atoms with Crippen LogP contribution in [0, 0.1) is 25.7 Å². The fraction of sp³-hybridized carbons (Fsp3) is 0.611. The van der Waals surface area contributed by atoms with Crippen LogP contribution in [0.1, 0.15) is 78.4 Å². The number of ether oxygens (including phenoxy) is 2. The number of alkyl carbamates (subject to hydrolysis) is 2. The molecule has 0 aromatic heterocycles. The number of nitrogens with zero attached hydrogens (tertiary/aromatic N) is 1. The van der Waals surface area contributed by atoms with Gasteiger partial charge in [-0.2, -0.15) is 0 Å². The molecule has 0 aliphatic carbocycles. The van der Waals surface area contributed by atoms with E-state index in [0.717, 1.165) is 62.9 Å². The molecule has 2 saturated heterocycles. The fourth-order valence-electron chi connectivity index (χ4n) is 4.85. The van der Waals surface area contributed by atoms with Crippen molar-refractivity contribution in [3.8, 4) is 0 Å². The fourth-order valence-corrected chi connectivity index (χ4v) is 5.12. The lowest BCUT2D eigenvalue weighted by atomic mass is 9.96. The second-order valence-electron chi connectivity index (χ2n) is 14.0. The molecule has 0 radical (unpaired) electrons. The van der Waals surface area contributed by atoms with Gasteiger partial charge < -0.3 is 30.3 Å². The van der Waals surface area contributed by atoms with Gasteiger partial charge in [0.05, 0.1) is 0 Å². The van der Waals surface area contributed by atoms with Crippen molar-refractivity contribution in [3.63, 3.8) is 0 Å². The molecule has 2 aromatic carbocycles. The summed E-state index contributed by atoms with van der Waals surface area (Å²) in [5.74, 6) is 1.13. The first kappa shape index (κ1) is 38.4. The topological polar surface area (TPSA) is 91.9 Å². The van der Waals surface area contributed by atoms with E-state index in [9.17, 15) is 9.59 Å². The third-order valence-corrected chi connectivity index (χ3v) is 7.88. The van der Waals surface area contributed by atoms with Gasteiger partial charge in [0.25, 0.3) is 0 Å². The van der Waals surface area contributed by atoms with Crippen LogP contribution in [-0.2, 0) is 9.47 Å². The third-order valence-electron chi connectivity index (χ3n) is 7.35. The van der Waals surface area contributed by atoms with Crippen LogP contribution in [0.2, 0.25) is 0 Å². The van der Waals surface area contributed by atoms with Gasteiger partial charge in [-0.1, -0.05) is 51.3 Å². The predicted octanol–water partition coefficient (Wildman–Crippen LogP) is 8.00. The van der Waals surface area contributed by atoms with Crippen LogP contribution in [0.15, 0.2) is 53.0 Å². The van der Waals surface area contributed by atoms with E-state index in [1.165, 1.54) is 16.8 Å². The zero-order valence-electron chi connectivity index (χ0n) is 28.8. The maximum absolute atomic E-state index is 11.7. The van der Waals surface area contributed by atoms with Gasteiger partial charge in [-0.15, -0.1) is 0 Å². The van der Waals surface area contributed by atoms with E-state index in [2.05, 4.69) is 87.0 Å². The Balaban J connectivity index is 0.000000263. The lowest BCUT2D eigenvalue weighted by molar-refractivity contribution is 0.0505. The number of hydrogen-bond acceptors (Lipinski definition) is 6. The maximum atomic E-state index is 11.7. The van der Waals surface area contributed by atoms with Crippen LogP contribution in [0.4, 0.5) is 15.3 Å². The highest BCUT2D eigenvalue weighted by Gasteiger charge is 2.22. The molecule has 0 spiro atoms. The number of anilines is 1. The second-order valence-corrected chi connectivity index (χ2v) is 14.9. The molecule has 9 heteroatoms. The highest BCUT2D eigenvalue weighted by atomic mass is 79.9. The molecule has 2 aliphatic heterocycles. The van der Waals surface area contributed by atoms with Gasteiger partial charge in [-0.3, -0.25) is 0 Å². The molecule has 45 heavy (non-hydrogen) atoms. The van der Waals surface area contributed by atoms with Crippen molar-refractivity contribution in [2.75, 3.05) is 44.2 Å². The molecule has 3 N–H and O–H groups in total. The molecule has 252 valence electrons. The summed E-state index contributed by atoms with van der Waals surface area (Å²) in [5, 5.41) is 9.01. The van der Waals surface area contributed by atoms with Gasteiger partial charge in [0.2, 0.25) is 0 Å². The SMILES string of the molecule is CC(C)(C)OC(=O)NCC1CCNCC1.Cc1ccc(Br)cc1.Cc1ccc(N2CCC(CNC(=O)OC(C)(C)C)CC2)cc1. The zero-order chi connectivity index (χ0) is 33.5. The van der Waals surface area contributed by atoms with Crippen LogP contribution in [-0.4, -0.2) is 62.7 Å². The van der Waals surface area contributed by atoms with Crippen molar-refractivity contribution >= 4 is 33.8 Å². The molecule has 2 aliphatic rings. The van der Waals surface area contributed by atoms with Gasteiger partial charge in [-0.25, -0.2) is 9.59 Å². The quantitative estimate of drug-likeness (QED) is 0.295. The predicted molar refractivity (Wildman–Crippen MR) is 189 cm³/mol. The van der Waals surface area contributed by atoms with Crippen molar-refractivity contribution in [3.05, 3.63) is 64.1 Å². The Morgan fingerprint density at radius 3 is 1.53 bits per heavy atom. The first-order valence-electron chi connectivity index (χ1n) is 16.3. The van der Waals surface area contributed by atoms with Gasteiger partial charge in [0, 0.05) is 36.3 Å². The molecule has 2 heterocycles. The molecular weight excluding hydrogens is 632 g/mol. The minimum atomic E-state index is -0.432. The Morgan fingerprint density at radius 2 is 1.13 bits per heavy atom. The summed E-state index contributed by atoms with van der Waals surface area (Å²) in [4.78, 5) is 25.4. The number of piperidine rings is 2. The van der Waals surface area contributed by atoms with E-state index in [-0.39, 0.29) is 12.2 Å². The maximum Gasteiger partial charge on any atom is 0.407 e. The zero-order valence-corrected chi connectivity index (χ0v) is 30.4. The normalized spacial score (nSPS) is 15.9. The van der Waals surface area contributed by atoms with Crippen LogP contribution in [0.25, 0.3) is 0 Å². The van der Waals surface area contributed by atoms with Crippen molar-refractivity contribution < 1.29 is 19.1 Å². The summed E-state index contributed by atoms with van der Waals surface area (Å²) in [6.45, 7) is 21.1. The van der Waals surface area contributed by atoms with E-state index < -0.39 is 11.2 Å². The first-order chi connectivity index (χ1) is 21.1. The number of aryl methyl sites for hydroxylation is 2. The standard InChI is InChI=1S/C18H28N2O2.C11H22N2O2.C7H7Br/c1-14-5-7-16(8-6-14)20-11-9-15(10-12-20)13-19-17(21)22-18(2,3)4;1-11(2,3)15-10(14)13-8-9-4-6-12-7-5-9;1-6-2-4-7(8)5-3-6/h5-8,15H,9-13H2,1-4H3,(H,19,21);9,12H,4-8H2,1-3H3,(H,13,14);2-5H,1H3. The number of carbonyl (C=O) groups excluding carboxylic acids is 2. The minimum Gasteiger partial charge on any atom is -0.444 e. The number of carbonyl (C=O) groups is 2. The number of benzene rings is 2. The molecule has 2 amide bonds. The number of hydrogen-bond donors (Lipinski definition) is 3. The lowest BCUT2D eigenvalue weighted by Crippen LogP contribution is -2.40. The van der Waals surface area contributed by atoms with Crippen molar-refractivity contribution in [2.24, 2.45) is 11.8 Å². The molecular formula is C36H57BrN4O4. The van der Waals surface area contributed by atoms with Gasteiger partial charge in [-0.05, 0) is 130 Å². The monoisotopic (exact) mass is 688 g/mol. The summed E-state index contributed by atoms with van der Waals surface area (Å²) in [7, 11) is 0. The molecule has 0 saturated carbocycles. The van der Waals surface area contributed by atoms with Gasteiger partial charge in [0.15, 0.2) is 0 Å². The summed E-state index contributed by atoms with van der Waals surface area (Å²) >= 11 is 3.35. The number of halogens is 1. The number of amides is 2. The van der Waals surface area contributed by atoms with Crippen molar-refractivity contribution in [1.82, 2.24) is 16.0 Å². The van der Waals surface area contributed by atoms with E-state index in [1.54, 1.807) is 0 Å². The summed E-state index contributed by atoms with van der Waals surface area (Å²) in [6.07, 6.45) is 3.85. The second kappa shape index (κ2) is 19.0. The molecule has 0 bridgehead atoms. The summed E-state index contributed by atoms with van der Waals surface area (Å²) in [6, 6.07) is 16.9. The van der Waals surface area contributed by atoms with Crippen molar-refractivity contribution in [1.29, 1.82) is 0 Å². The Hall–Kier alpha value is -2.78. The molecule has 2 aromatic rings. The molecule has 0 atom stereocenters. The lowest BCUT2D eigenvalue weighted by Gasteiger charge is -2.33. The summed E-state index contributed by atoms with van der Waals surface area (Å²) < 4.78 is 11.6. The number of rotatable bonds is 5. The van der Waals surface area contributed by atoms with Crippen molar-refractivity contribution in [2.45, 2.75) is 92.3 Å². The smallest absolute Gasteiger partial charge is 0.407 e. The van der Waals surface area contributed by atoms with Crippen LogP contribution >= 0.6 is 15.9 Å².